The maximum Gasteiger partial charge on any atom is 0.416 e. The molecule has 0 aliphatic rings. The molecule has 0 fully saturated rings. The summed E-state index contributed by atoms with van der Waals surface area (Å²) >= 11 is 6.89. The molecule has 0 saturated carbocycles. The van der Waals surface area contributed by atoms with E-state index in [-0.39, 0.29) is 43.5 Å². The van der Waals surface area contributed by atoms with Crippen molar-refractivity contribution in [2.45, 2.75) is 19.0 Å². The van der Waals surface area contributed by atoms with Crippen LogP contribution in [-0.2, 0) is 23.8 Å². The molecule has 36 heavy (non-hydrogen) atoms. The molecule has 0 aliphatic carbocycles. The van der Waals surface area contributed by atoms with Crippen LogP contribution in [-0.4, -0.2) is 28.8 Å². The van der Waals surface area contributed by atoms with Crippen LogP contribution >= 0.6 is 22.9 Å². The van der Waals surface area contributed by atoms with Gasteiger partial charge in [0.1, 0.15) is 17.4 Å². The second kappa shape index (κ2) is 10.3. The van der Waals surface area contributed by atoms with Crippen LogP contribution < -0.4 is 9.47 Å². The summed E-state index contributed by atoms with van der Waals surface area (Å²) in [6.45, 7) is -1.49. The van der Waals surface area contributed by atoms with Gasteiger partial charge in [0.05, 0.1) is 16.0 Å². The maximum absolute atomic E-state index is 13.1. The molecule has 2 N–H and O–H groups in total. The molecular formula is C22H13ClF6O6S. The van der Waals surface area contributed by atoms with Gasteiger partial charge in [0, 0.05) is 0 Å². The van der Waals surface area contributed by atoms with Gasteiger partial charge < -0.3 is 19.7 Å². The molecule has 3 aromatic rings. The van der Waals surface area contributed by atoms with Crippen LogP contribution in [0.25, 0.3) is 10.4 Å². The average Bonchev–Trinajstić information content (AvgIpc) is 3.11. The van der Waals surface area contributed by atoms with Gasteiger partial charge in [-0.25, -0.2) is 9.59 Å². The van der Waals surface area contributed by atoms with Crippen molar-refractivity contribution in [3.8, 4) is 21.9 Å². The number of benzene rings is 2. The Morgan fingerprint density at radius 1 is 0.917 bits per heavy atom. The Hall–Kier alpha value is -3.45. The molecule has 0 amide bonds. The van der Waals surface area contributed by atoms with Gasteiger partial charge in [-0.3, -0.25) is 0 Å². The molecule has 0 atom stereocenters. The van der Waals surface area contributed by atoms with Gasteiger partial charge in [-0.2, -0.15) is 26.3 Å². The number of carboxylic acid groups (broad SMARTS) is 2. The molecule has 1 aromatic heterocycles. The Morgan fingerprint density at radius 3 is 2.06 bits per heavy atom. The molecule has 6 nitrogen and oxygen atoms in total. The fourth-order valence-corrected chi connectivity index (χ4v) is 4.38. The van der Waals surface area contributed by atoms with E-state index in [0.29, 0.717) is 23.5 Å². The minimum atomic E-state index is -5.01. The highest BCUT2D eigenvalue weighted by Gasteiger charge is 2.37. The van der Waals surface area contributed by atoms with E-state index in [1.807, 2.05) is 0 Å². The standard InChI is InChI=1S/C22H13ClF6O6S/c23-16-17(35-9-15(30)31)19(20(32)33)36-18(16)11-2-1-3-14(6-11)34-8-10-4-12(21(24,25)26)7-13(5-10)22(27,28)29/h1-7H,8-9H2,(H,30,31)(H,32,33). The average molecular weight is 555 g/mol. The number of thiophene rings is 1. The predicted octanol–water partition coefficient (Wildman–Crippen LogP) is 6.85. The summed E-state index contributed by atoms with van der Waals surface area (Å²) in [4.78, 5) is 22.1. The van der Waals surface area contributed by atoms with Gasteiger partial charge in [0.25, 0.3) is 0 Å². The highest BCUT2D eigenvalue weighted by molar-refractivity contribution is 7.18. The van der Waals surface area contributed by atoms with E-state index in [4.69, 9.17) is 26.2 Å². The lowest BCUT2D eigenvalue weighted by molar-refractivity contribution is -0.143. The van der Waals surface area contributed by atoms with E-state index in [9.17, 15) is 41.0 Å². The van der Waals surface area contributed by atoms with Crippen molar-refractivity contribution in [2.24, 2.45) is 0 Å². The number of rotatable bonds is 8. The number of aromatic carboxylic acids is 1. The number of halogens is 7. The van der Waals surface area contributed by atoms with Gasteiger partial charge in [-0.1, -0.05) is 23.7 Å². The summed E-state index contributed by atoms with van der Waals surface area (Å²) in [6, 6.07) is 6.73. The zero-order valence-corrected chi connectivity index (χ0v) is 19.1. The molecule has 0 radical (unpaired) electrons. The summed E-state index contributed by atoms with van der Waals surface area (Å²) in [5.74, 6) is -3.12. The number of aliphatic carboxylic acids is 1. The highest BCUT2D eigenvalue weighted by atomic mass is 35.5. The third-order valence-electron chi connectivity index (χ3n) is 4.49. The van der Waals surface area contributed by atoms with Crippen LogP contribution in [0.2, 0.25) is 5.02 Å². The summed E-state index contributed by atoms with van der Waals surface area (Å²) in [5.41, 5.74) is -3.06. The maximum atomic E-state index is 13.1. The summed E-state index contributed by atoms with van der Waals surface area (Å²) in [7, 11) is 0. The highest BCUT2D eigenvalue weighted by Crippen LogP contribution is 2.46. The Bertz CT molecular complexity index is 1270. The van der Waals surface area contributed by atoms with Crippen molar-refractivity contribution in [3.05, 3.63) is 69.1 Å². The topological polar surface area (TPSA) is 93.1 Å². The molecule has 192 valence electrons. The second-order valence-corrected chi connectivity index (χ2v) is 8.52. The number of ether oxygens (including phenoxy) is 2. The summed E-state index contributed by atoms with van der Waals surface area (Å²) in [6.07, 6.45) is -10.0. The molecule has 14 heteroatoms. The van der Waals surface area contributed by atoms with Gasteiger partial charge in [-0.15, -0.1) is 11.3 Å². The van der Waals surface area contributed by atoms with Crippen LogP contribution in [0, 0.1) is 0 Å². The van der Waals surface area contributed by atoms with Crippen molar-refractivity contribution < 1.29 is 55.6 Å². The minimum Gasteiger partial charge on any atom is -0.489 e. The van der Waals surface area contributed by atoms with E-state index < -0.39 is 48.6 Å². The van der Waals surface area contributed by atoms with E-state index in [1.165, 1.54) is 24.3 Å². The number of carbonyl (C=O) groups is 2. The third-order valence-corrected chi connectivity index (χ3v) is 6.17. The molecule has 2 aromatic carbocycles. The Kier molecular flexibility index (Phi) is 7.74. The van der Waals surface area contributed by atoms with Crippen LogP contribution in [0.4, 0.5) is 26.3 Å². The fourth-order valence-electron chi connectivity index (χ4n) is 2.98. The van der Waals surface area contributed by atoms with Gasteiger partial charge >= 0.3 is 24.3 Å². The SMILES string of the molecule is O=C(O)COc1c(C(=O)O)sc(-c2cccc(OCc3cc(C(F)(F)F)cc(C(F)(F)F)c3)c2)c1Cl. The van der Waals surface area contributed by atoms with Gasteiger partial charge in [0.15, 0.2) is 17.2 Å². The smallest absolute Gasteiger partial charge is 0.416 e. The first kappa shape index (κ1) is 27.1. The quantitative estimate of drug-likeness (QED) is 0.296. The van der Waals surface area contributed by atoms with Gasteiger partial charge in [-0.05, 0) is 41.5 Å². The first-order valence-corrected chi connectivity index (χ1v) is 10.8. The lowest BCUT2D eigenvalue weighted by Crippen LogP contribution is -2.12. The number of alkyl halides is 6. The number of hydrogen-bond donors (Lipinski definition) is 2. The first-order valence-electron chi connectivity index (χ1n) is 9.58. The summed E-state index contributed by atoms with van der Waals surface area (Å²) < 4.78 is 88.8. The van der Waals surface area contributed by atoms with Crippen LogP contribution in [0.5, 0.6) is 11.5 Å². The van der Waals surface area contributed by atoms with Crippen molar-refractivity contribution in [1.82, 2.24) is 0 Å². The van der Waals surface area contributed by atoms with Crippen molar-refractivity contribution in [2.75, 3.05) is 6.61 Å². The molecule has 0 bridgehead atoms. The molecule has 0 saturated heterocycles. The normalized spacial score (nSPS) is 11.9. The molecule has 0 aliphatic heterocycles. The molecule has 3 rings (SSSR count). The Labute approximate surface area is 207 Å². The minimum absolute atomic E-state index is 0.00691. The van der Waals surface area contributed by atoms with E-state index in [0.717, 1.165) is 0 Å². The molecular weight excluding hydrogens is 542 g/mol. The molecule has 1 heterocycles. The molecule has 0 unspecified atom stereocenters. The fraction of sp³-hybridized carbons (Fsp3) is 0.182. The summed E-state index contributed by atoms with van der Waals surface area (Å²) in [5, 5.41) is 18.0. The van der Waals surface area contributed by atoms with Crippen molar-refractivity contribution in [1.29, 1.82) is 0 Å². The number of carboxylic acids is 2. The van der Waals surface area contributed by atoms with Gasteiger partial charge in [0.2, 0.25) is 0 Å². The zero-order chi connectivity index (χ0) is 26.8. The van der Waals surface area contributed by atoms with E-state index >= 15 is 0 Å². The molecule has 0 spiro atoms. The lowest BCUT2D eigenvalue weighted by Gasteiger charge is -2.15. The Balaban J connectivity index is 1.90. The zero-order valence-electron chi connectivity index (χ0n) is 17.5. The van der Waals surface area contributed by atoms with Crippen molar-refractivity contribution >= 4 is 34.9 Å². The van der Waals surface area contributed by atoms with Crippen LogP contribution in [0.3, 0.4) is 0 Å². The van der Waals surface area contributed by atoms with E-state index in [1.54, 1.807) is 0 Å². The van der Waals surface area contributed by atoms with Crippen LogP contribution in [0.1, 0.15) is 26.4 Å². The van der Waals surface area contributed by atoms with Crippen LogP contribution in [0.15, 0.2) is 42.5 Å². The predicted molar refractivity (Wildman–Crippen MR) is 116 cm³/mol. The third kappa shape index (κ3) is 6.40. The number of hydrogen-bond acceptors (Lipinski definition) is 5. The lowest BCUT2D eigenvalue weighted by atomic mass is 10.1. The Morgan fingerprint density at radius 2 is 1.53 bits per heavy atom. The monoisotopic (exact) mass is 554 g/mol. The second-order valence-electron chi connectivity index (χ2n) is 7.12. The first-order chi connectivity index (χ1) is 16.7. The van der Waals surface area contributed by atoms with E-state index in [2.05, 4.69) is 0 Å². The largest absolute Gasteiger partial charge is 0.489 e. The van der Waals surface area contributed by atoms with Crippen molar-refractivity contribution in [3.63, 3.8) is 0 Å².